The Morgan fingerprint density at radius 3 is 2.81 bits per heavy atom. The molecule has 0 radical (unpaired) electrons. The van der Waals surface area contributed by atoms with E-state index < -0.39 is 0 Å². The van der Waals surface area contributed by atoms with E-state index in [9.17, 15) is 0 Å². The number of rotatable bonds is 7. The van der Waals surface area contributed by atoms with Crippen molar-refractivity contribution in [3.8, 4) is 6.01 Å². The molecule has 110 valence electrons. The van der Waals surface area contributed by atoms with Gasteiger partial charge in [0.1, 0.15) is 12.4 Å². The number of aromatic nitrogens is 2. The fourth-order valence-corrected chi connectivity index (χ4v) is 1.49. The van der Waals surface area contributed by atoms with Gasteiger partial charge in [0.05, 0.1) is 12.8 Å². The van der Waals surface area contributed by atoms with E-state index in [2.05, 4.69) is 20.5 Å². The first kappa shape index (κ1) is 14.7. The smallest absolute Gasteiger partial charge is 0.320 e. The van der Waals surface area contributed by atoms with Crippen LogP contribution in [0.5, 0.6) is 6.01 Å². The van der Waals surface area contributed by atoms with E-state index in [-0.39, 0.29) is 6.01 Å². The number of hydrogen-bond donors (Lipinski definition) is 2. The summed E-state index contributed by atoms with van der Waals surface area (Å²) in [4.78, 5) is 8.11. The third-order valence-electron chi connectivity index (χ3n) is 2.44. The maximum atomic E-state index is 5.69. The Kier molecular flexibility index (Phi) is 5.48. The third-order valence-corrected chi connectivity index (χ3v) is 2.44. The zero-order chi connectivity index (χ0) is 14.9. The minimum Gasteiger partial charge on any atom is -0.461 e. The summed E-state index contributed by atoms with van der Waals surface area (Å²) in [5, 5.41) is 4.09. The second-order valence-electron chi connectivity index (χ2n) is 4.08. The SMILES string of the molecule is COCCOc1nc(N)cc(NN=Cc2ccccc2)n1. The summed E-state index contributed by atoms with van der Waals surface area (Å²) in [5.74, 6) is 0.761. The Hall–Kier alpha value is -2.67. The van der Waals surface area contributed by atoms with Crippen LogP contribution in [-0.2, 0) is 4.74 Å². The summed E-state index contributed by atoms with van der Waals surface area (Å²) in [5.41, 5.74) is 9.46. The van der Waals surface area contributed by atoms with Crippen molar-refractivity contribution in [3.63, 3.8) is 0 Å². The Bertz CT molecular complexity index is 589. The first-order chi connectivity index (χ1) is 10.3. The van der Waals surface area contributed by atoms with E-state index in [1.54, 1.807) is 19.4 Å². The standard InChI is InChI=1S/C14H17N5O2/c1-20-7-8-21-14-17-12(15)9-13(18-14)19-16-10-11-5-3-2-4-6-11/h2-6,9-10H,7-8H2,1H3,(H3,15,17,18,19). The summed E-state index contributed by atoms with van der Waals surface area (Å²) in [6.07, 6.45) is 1.68. The molecule has 0 bridgehead atoms. The Morgan fingerprint density at radius 1 is 1.24 bits per heavy atom. The fourth-order valence-electron chi connectivity index (χ4n) is 1.49. The molecule has 0 aliphatic rings. The highest BCUT2D eigenvalue weighted by Crippen LogP contribution is 2.13. The number of ether oxygens (including phenoxy) is 2. The van der Waals surface area contributed by atoms with Crippen LogP contribution in [0, 0.1) is 0 Å². The van der Waals surface area contributed by atoms with Crippen LogP contribution in [0.1, 0.15) is 5.56 Å². The van der Waals surface area contributed by atoms with Crippen molar-refractivity contribution in [2.45, 2.75) is 0 Å². The van der Waals surface area contributed by atoms with Crippen LogP contribution in [0.4, 0.5) is 11.6 Å². The highest BCUT2D eigenvalue weighted by molar-refractivity contribution is 5.79. The van der Waals surface area contributed by atoms with Crippen molar-refractivity contribution in [2.24, 2.45) is 5.10 Å². The van der Waals surface area contributed by atoms with Crippen LogP contribution in [0.3, 0.4) is 0 Å². The van der Waals surface area contributed by atoms with Gasteiger partial charge in [-0.25, -0.2) is 0 Å². The number of nitrogen functional groups attached to an aromatic ring is 1. The van der Waals surface area contributed by atoms with Gasteiger partial charge in [-0.2, -0.15) is 15.1 Å². The first-order valence-corrected chi connectivity index (χ1v) is 6.38. The average Bonchev–Trinajstić information content (AvgIpc) is 2.48. The zero-order valence-electron chi connectivity index (χ0n) is 11.7. The van der Waals surface area contributed by atoms with Gasteiger partial charge in [0.15, 0.2) is 5.82 Å². The van der Waals surface area contributed by atoms with Crippen molar-refractivity contribution in [1.82, 2.24) is 9.97 Å². The molecule has 3 N–H and O–H groups in total. The van der Waals surface area contributed by atoms with Crippen LogP contribution >= 0.6 is 0 Å². The monoisotopic (exact) mass is 287 g/mol. The van der Waals surface area contributed by atoms with E-state index in [0.29, 0.717) is 24.8 Å². The quantitative estimate of drug-likeness (QED) is 0.455. The molecule has 0 unspecified atom stereocenters. The highest BCUT2D eigenvalue weighted by atomic mass is 16.5. The normalized spacial score (nSPS) is 10.7. The molecule has 0 atom stereocenters. The number of anilines is 2. The topological polar surface area (TPSA) is 94.7 Å². The molecule has 0 amide bonds. The number of nitrogens with zero attached hydrogens (tertiary/aromatic N) is 3. The molecule has 1 heterocycles. The van der Waals surface area contributed by atoms with Gasteiger partial charge in [-0.1, -0.05) is 30.3 Å². The second-order valence-corrected chi connectivity index (χ2v) is 4.08. The van der Waals surface area contributed by atoms with Gasteiger partial charge in [0.25, 0.3) is 0 Å². The number of nitrogens with one attached hydrogen (secondary N) is 1. The van der Waals surface area contributed by atoms with Gasteiger partial charge < -0.3 is 15.2 Å². The molecule has 2 aromatic rings. The van der Waals surface area contributed by atoms with Crippen molar-refractivity contribution < 1.29 is 9.47 Å². The molecule has 0 spiro atoms. The summed E-state index contributed by atoms with van der Waals surface area (Å²) in [7, 11) is 1.59. The van der Waals surface area contributed by atoms with Crippen LogP contribution < -0.4 is 15.9 Å². The van der Waals surface area contributed by atoms with E-state index in [0.717, 1.165) is 5.56 Å². The Balaban J connectivity index is 1.97. The van der Waals surface area contributed by atoms with Gasteiger partial charge in [-0.3, -0.25) is 5.43 Å². The van der Waals surface area contributed by atoms with Crippen LogP contribution in [0.15, 0.2) is 41.5 Å². The molecule has 21 heavy (non-hydrogen) atoms. The number of nitrogens with two attached hydrogens (primary N) is 1. The van der Waals surface area contributed by atoms with Crippen molar-refractivity contribution >= 4 is 17.9 Å². The molecule has 0 aliphatic carbocycles. The first-order valence-electron chi connectivity index (χ1n) is 6.38. The number of methoxy groups -OCH3 is 1. The van der Waals surface area contributed by atoms with Crippen LogP contribution in [0.2, 0.25) is 0 Å². The van der Waals surface area contributed by atoms with Gasteiger partial charge in [-0.05, 0) is 5.56 Å². The van der Waals surface area contributed by atoms with Crippen LogP contribution in [0.25, 0.3) is 0 Å². The number of hydrazone groups is 1. The minimum absolute atomic E-state index is 0.185. The van der Waals surface area contributed by atoms with Gasteiger partial charge >= 0.3 is 6.01 Å². The lowest BCUT2D eigenvalue weighted by atomic mass is 10.2. The predicted molar refractivity (Wildman–Crippen MR) is 81.5 cm³/mol. The Morgan fingerprint density at radius 2 is 2.05 bits per heavy atom. The molecular weight excluding hydrogens is 270 g/mol. The Labute approximate surface area is 122 Å². The van der Waals surface area contributed by atoms with E-state index in [4.69, 9.17) is 15.2 Å². The summed E-state index contributed by atoms with van der Waals surface area (Å²) < 4.78 is 10.2. The van der Waals surface area contributed by atoms with E-state index in [1.807, 2.05) is 30.3 Å². The fraction of sp³-hybridized carbons (Fsp3) is 0.214. The van der Waals surface area contributed by atoms with E-state index >= 15 is 0 Å². The van der Waals surface area contributed by atoms with Crippen molar-refractivity contribution in [2.75, 3.05) is 31.5 Å². The molecule has 0 saturated carbocycles. The molecule has 0 fully saturated rings. The third kappa shape index (κ3) is 5.07. The summed E-state index contributed by atoms with van der Waals surface area (Å²) in [6.45, 7) is 0.805. The molecule has 0 aliphatic heterocycles. The molecule has 1 aromatic heterocycles. The van der Waals surface area contributed by atoms with Gasteiger partial charge in [0, 0.05) is 13.2 Å². The van der Waals surface area contributed by atoms with Gasteiger partial charge in [0.2, 0.25) is 0 Å². The van der Waals surface area contributed by atoms with Gasteiger partial charge in [-0.15, -0.1) is 0 Å². The maximum Gasteiger partial charge on any atom is 0.320 e. The molecule has 7 nitrogen and oxygen atoms in total. The lowest BCUT2D eigenvalue weighted by molar-refractivity contribution is 0.141. The average molecular weight is 287 g/mol. The second kappa shape index (κ2) is 7.81. The summed E-state index contributed by atoms with van der Waals surface area (Å²) >= 11 is 0. The minimum atomic E-state index is 0.185. The maximum absolute atomic E-state index is 5.69. The molecule has 0 saturated heterocycles. The predicted octanol–water partition coefficient (Wildman–Crippen LogP) is 1.53. The number of hydrogen-bond acceptors (Lipinski definition) is 7. The molecule has 1 aromatic carbocycles. The van der Waals surface area contributed by atoms with Crippen molar-refractivity contribution in [3.05, 3.63) is 42.0 Å². The molecular formula is C14H17N5O2. The lowest BCUT2D eigenvalue weighted by Crippen LogP contribution is -2.08. The molecule has 2 rings (SSSR count). The highest BCUT2D eigenvalue weighted by Gasteiger charge is 2.03. The lowest BCUT2D eigenvalue weighted by Gasteiger charge is -2.06. The molecule has 7 heteroatoms. The zero-order valence-corrected chi connectivity index (χ0v) is 11.7. The largest absolute Gasteiger partial charge is 0.461 e. The summed E-state index contributed by atoms with van der Waals surface area (Å²) in [6, 6.07) is 11.5. The van der Waals surface area contributed by atoms with Crippen LogP contribution in [-0.4, -0.2) is 36.5 Å². The number of benzene rings is 1. The van der Waals surface area contributed by atoms with Crippen molar-refractivity contribution in [1.29, 1.82) is 0 Å². The van der Waals surface area contributed by atoms with E-state index in [1.165, 1.54) is 0 Å².